The number of methoxy groups -OCH3 is 1. The molecule has 0 aliphatic carbocycles. The number of hydrogen-bond acceptors (Lipinski definition) is 3. The van der Waals surface area contributed by atoms with E-state index in [0.29, 0.717) is 5.92 Å². The summed E-state index contributed by atoms with van der Waals surface area (Å²) in [6, 6.07) is 0. The van der Waals surface area contributed by atoms with Crippen molar-refractivity contribution in [3.05, 3.63) is 12.3 Å². The van der Waals surface area contributed by atoms with Gasteiger partial charge in [-0.1, -0.05) is 82.7 Å². The van der Waals surface area contributed by atoms with Crippen LogP contribution in [0.2, 0.25) is 0 Å². The molecule has 0 amide bonds. The van der Waals surface area contributed by atoms with Gasteiger partial charge in [-0.15, -0.1) is 0 Å². The van der Waals surface area contributed by atoms with Crippen LogP contribution in [0.25, 0.3) is 0 Å². The summed E-state index contributed by atoms with van der Waals surface area (Å²) in [7, 11) is 1.51. The van der Waals surface area contributed by atoms with Gasteiger partial charge in [0, 0.05) is 0 Å². The van der Waals surface area contributed by atoms with Crippen LogP contribution in [0.15, 0.2) is 12.3 Å². The number of hydrogen-bond donors (Lipinski definition) is 0. The average molecular weight is 411 g/mol. The first-order valence-corrected chi connectivity index (χ1v) is 11.1. The summed E-state index contributed by atoms with van der Waals surface area (Å²) in [6.07, 6.45) is 1.60. The molecule has 172 valence electrons. The van der Waals surface area contributed by atoms with Gasteiger partial charge in [0.15, 0.2) is 0 Å². The maximum Gasteiger partial charge on any atom is 0.312 e. The summed E-state index contributed by atoms with van der Waals surface area (Å²) < 4.78 is 11.5. The molecule has 2 atom stereocenters. The molecule has 0 aromatic rings. The minimum absolute atomic E-state index is 0.00786. The molecule has 0 bridgehead atoms. The zero-order chi connectivity index (χ0) is 23.6. The molecule has 0 saturated carbocycles. The van der Waals surface area contributed by atoms with E-state index in [9.17, 15) is 4.79 Å². The molecule has 0 spiro atoms. The minimum atomic E-state index is -0.634. The van der Waals surface area contributed by atoms with E-state index in [-0.39, 0.29) is 33.7 Å². The summed E-state index contributed by atoms with van der Waals surface area (Å²) in [5, 5.41) is 0. The van der Waals surface area contributed by atoms with Gasteiger partial charge in [-0.2, -0.15) is 0 Å². The van der Waals surface area contributed by atoms with E-state index in [1.54, 1.807) is 0 Å². The lowest BCUT2D eigenvalue weighted by molar-refractivity contribution is -0.175. The van der Waals surface area contributed by atoms with Gasteiger partial charge in [0.05, 0.1) is 18.3 Å². The van der Waals surface area contributed by atoms with Crippen molar-refractivity contribution in [2.75, 3.05) is 7.11 Å². The summed E-state index contributed by atoms with van der Waals surface area (Å²) in [5.74, 6) is 1.06. The van der Waals surface area contributed by atoms with Crippen LogP contribution >= 0.6 is 0 Å². The number of carbonyl (C=O) groups excluding carboxylic acids is 1. The molecular formula is C26H50O3. The summed E-state index contributed by atoms with van der Waals surface area (Å²) >= 11 is 0. The molecule has 0 aromatic heterocycles. The van der Waals surface area contributed by atoms with E-state index >= 15 is 0 Å². The summed E-state index contributed by atoms with van der Waals surface area (Å²) in [6.45, 7) is 32.5. The van der Waals surface area contributed by atoms with Crippen molar-refractivity contribution in [1.82, 2.24) is 0 Å². The lowest BCUT2D eigenvalue weighted by Crippen LogP contribution is -2.54. The fourth-order valence-electron chi connectivity index (χ4n) is 4.12. The first kappa shape index (κ1) is 28.0. The maximum atomic E-state index is 13.2. The Bertz CT molecular complexity index is 575. The highest BCUT2D eigenvalue weighted by atomic mass is 16.5. The number of rotatable bonds is 10. The van der Waals surface area contributed by atoms with E-state index < -0.39 is 5.41 Å². The first-order chi connectivity index (χ1) is 12.7. The Kier molecular flexibility index (Phi) is 8.71. The highest BCUT2D eigenvalue weighted by Gasteiger charge is 2.58. The van der Waals surface area contributed by atoms with Gasteiger partial charge in [-0.3, -0.25) is 4.79 Å². The van der Waals surface area contributed by atoms with Crippen molar-refractivity contribution in [3.63, 3.8) is 0 Å². The fourth-order valence-corrected chi connectivity index (χ4v) is 4.12. The fraction of sp³-hybridized carbons (Fsp3) is 0.885. The van der Waals surface area contributed by atoms with Gasteiger partial charge in [0.25, 0.3) is 0 Å². The molecule has 0 aliphatic rings. The van der Waals surface area contributed by atoms with Crippen molar-refractivity contribution in [1.29, 1.82) is 0 Å². The topological polar surface area (TPSA) is 35.5 Å². The zero-order valence-electron chi connectivity index (χ0n) is 22.0. The van der Waals surface area contributed by atoms with Crippen molar-refractivity contribution in [2.24, 2.45) is 33.0 Å². The van der Waals surface area contributed by atoms with Crippen LogP contribution in [-0.4, -0.2) is 19.2 Å². The molecule has 0 fully saturated rings. The second kappa shape index (κ2) is 9.02. The summed E-state index contributed by atoms with van der Waals surface area (Å²) in [4.78, 5) is 13.2. The predicted molar refractivity (Wildman–Crippen MR) is 125 cm³/mol. The third-order valence-electron chi connectivity index (χ3n) is 8.08. The lowest BCUT2D eigenvalue weighted by Gasteiger charge is -2.55. The second-order valence-electron chi connectivity index (χ2n) is 12.5. The Hall–Kier alpha value is -0.990. The molecule has 0 aromatic carbocycles. The third kappa shape index (κ3) is 6.25. The molecule has 0 aliphatic heterocycles. The molecule has 2 unspecified atom stereocenters. The van der Waals surface area contributed by atoms with Crippen LogP contribution in [-0.2, 0) is 14.3 Å². The van der Waals surface area contributed by atoms with Crippen molar-refractivity contribution in [2.45, 2.75) is 109 Å². The molecule has 0 heterocycles. The largest absolute Gasteiger partial charge is 0.495 e. The minimum Gasteiger partial charge on any atom is -0.495 e. The van der Waals surface area contributed by atoms with Crippen molar-refractivity contribution in [3.8, 4) is 0 Å². The number of allylic oxidation sites excluding steroid dienone is 1. The van der Waals surface area contributed by atoms with Gasteiger partial charge in [-0.25, -0.2) is 0 Å². The van der Waals surface area contributed by atoms with Crippen LogP contribution in [0, 0.1) is 33.0 Å². The van der Waals surface area contributed by atoms with Crippen LogP contribution in [0.1, 0.15) is 103 Å². The third-order valence-corrected chi connectivity index (χ3v) is 8.08. The molecular weight excluding hydrogens is 360 g/mol. The highest BCUT2D eigenvalue weighted by Crippen LogP contribution is 2.59. The molecule has 3 heteroatoms. The van der Waals surface area contributed by atoms with Gasteiger partial charge < -0.3 is 9.47 Å². The number of ether oxygens (including phenoxy) is 2. The van der Waals surface area contributed by atoms with E-state index in [0.717, 1.165) is 18.6 Å². The van der Waals surface area contributed by atoms with Crippen LogP contribution in [0.5, 0.6) is 0 Å². The SMILES string of the molecule is C=C(C)OC(CC(C)(C)C(C)(C)C(C)(CC(C)(C)C(C)C)C(=O)OC)C(C)(C)C. The molecule has 3 nitrogen and oxygen atoms in total. The van der Waals surface area contributed by atoms with Crippen molar-refractivity contribution >= 4 is 5.97 Å². The normalized spacial score (nSPS) is 16.9. The monoisotopic (exact) mass is 410 g/mol. The molecule has 29 heavy (non-hydrogen) atoms. The first-order valence-electron chi connectivity index (χ1n) is 11.1. The van der Waals surface area contributed by atoms with E-state index in [4.69, 9.17) is 9.47 Å². The highest BCUT2D eigenvalue weighted by molar-refractivity contribution is 5.77. The smallest absolute Gasteiger partial charge is 0.312 e. The van der Waals surface area contributed by atoms with E-state index in [1.807, 2.05) is 6.92 Å². The zero-order valence-corrected chi connectivity index (χ0v) is 22.0. The van der Waals surface area contributed by atoms with Crippen LogP contribution in [0.4, 0.5) is 0 Å². The molecule has 0 saturated heterocycles. The van der Waals surface area contributed by atoms with Crippen LogP contribution < -0.4 is 0 Å². The lowest BCUT2D eigenvalue weighted by atomic mass is 9.48. The number of esters is 1. The Balaban J connectivity index is 6.29. The molecule has 0 radical (unpaired) electrons. The number of carbonyl (C=O) groups is 1. The van der Waals surface area contributed by atoms with Crippen molar-refractivity contribution < 1.29 is 14.3 Å². The molecule has 0 N–H and O–H groups in total. The van der Waals surface area contributed by atoms with E-state index in [1.165, 1.54) is 7.11 Å². The Morgan fingerprint density at radius 1 is 0.931 bits per heavy atom. The Morgan fingerprint density at radius 2 is 1.38 bits per heavy atom. The Labute approximate surface area is 182 Å². The standard InChI is InChI=1S/C26H50O3/c1-18(2)23(8,9)17-26(14,21(27)28-15)25(12,13)24(10,11)16-20(22(5,6)7)29-19(3)4/h18,20H,3,16-17H2,1-2,4-15H3. The van der Waals surface area contributed by atoms with Gasteiger partial charge in [0.2, 0.25) is 0 Å². The predicted octanol–water partition coefficient (Wildman–Crippen LogP) is 7.65. The molecule has 0 rings (SSSR count). The van der Waals surface area contributed by atoms with Gasteiger partial charge in [0.1, 0.15) is 6.10 Å². The Morgan fingerprint density at radius 3 is 1.69 bits per heavy atom. The maximum absolute atomic E-state index is 13.2. The average Bonchev–Trinajstić information content (AvgIpc) is 2.50. The van der Waals surface area contributed by atoms with Crippen LogP contribution in [0.3, 0.4) is 0 Å². The quantitative estimate of drug-likeness (QED) is 0.274. The van der Waals surface area contributed by atoms with Gasteiger partial charge in [-0.05, 0) is 54.3 Å². The van der Waals surface area contributed by atoms with E-state index in [2.05, 4.69) is 89.7 Å². The summed E-state index contributed by atoms with van der Waals surface area (Å²) in [5.41, 5.74) is -1.18. The van der Waals surface area contributed by atoms with Gasteiger partial charge >= 0.3 is 5.97 Å². The second-order valence-corrected chi connectivity index (χ2v) is 12.5.